The number of carbonyl (C=O) groups excluding carboxylic acids is 1. The van der Waals surface area contributed by atoms with Gasteiger partial charge in [0, 0.05) is 19.0 Å². The monoisotopic (exact) mass is 309 g/mol. The van der Waals surface area contributed by atoms with Crippen molar-refractivity contribution in [3.8, 4) is 0 Å². The highest BCUT2D eigenvalue weighted by atomic mass is 16.5. The van der Waals surface area contributed by atoms with E-state index in [-0.39, 0.29) is 5.97 Å². The Bertz CT molecular complexity index is 289. The first kappa shape index (κ1) is 17.8. The Labute approximate surface area is 136 Å². The molecule has 2 aliphatic rings. The van der Waals surface area contributed by atoms with E-state index in [1.54, 1.807) is 0 Å². The molecule has 0 radical (unpaired) electrons. The Hall–Kier alpha value is -0.570. The maximum atomic E-state index is 10.8. The number of hydrogen-bond donors (Lipinski definition) is 0. The maximum Gasteiger partial charge on any atom is 0.302 e. The Balaban J connectivity index is 1.72. The van der Waals surface area contributed by atoms with Gasteiger partial charge in [-0.15, -0.1) is 0 Å². The first-order valence-electron chi connectivity index (χ1n) is 9.66. The molecular formula is C19H35NO2. The molecule has 3 nitrogen and oxygen atoms in total. The van der Waals surface area contributed by atoms with Crippen molar-refractivity contribution in [3.05, 3.63) is 0 Å². The van der Waals surface area contributed by atoms with Crippen LogP contribution in [-0.2, 0) is 9.53 Å². The van der Waals surface area contributed by atoms with Crippen LogP contribution in [0, 0.1) is 0 Å². The molecule has 0 bridgehead atoms. The summed E-state index contributed by atoms with van der Waals surface area (Å²) in [6.07, 6.45) is 17.7. The Morgan fingerprint density at radius 1 is 0.864 bits per heavy atom. The first-order valence-corrected chi connectivity index (χ1v) is 9.66. The van der Waals surface area contributed by atoms with Crippen molar-refractivity contribution in [1.82, 2.24) is 4.90 Å². The van der Waals surface area contributed by atoms with Gasteiger partial charge in [-0.2, -0.15) is 0 Å². The molecule has 0 atom stereocenters. The molecule has 128 valence electrons. The van der Waals surface area contributed by atoms with Crippen LogP contribution >= 0.6 is 0 Å². The van der Waals surface area contributed by atoms with Gasteiger partial charge in [-0.3, -0.25) is 9.69 Å². The molecule has 2 saturated carbocycles. The number of unbranched alkanes of at least 4 members (excludes halogenated alkanes) is 2. The molecule has 2 aliphatic carbocycles. The number of carbonyl (C=O) groups is 1. The molecule has 0 N–H and O–H groups in total. The fourth-order valence-corrected chi connectivity index (χ4v) is 4.28. The molecular weight excluding hydrogens is 274 g/mol. The molecule has 3 heteroatoms. The van der Waals surface area contributed by atoms with Crippen LogP contribution in [0.4, 0.5) is 0 Å². The number of rotatable bonds is 8. The number of ether oxygens (including phenoxy) is 1. The predicted octanol–water partition coefficient (Wildman–Crippen LogP) is 4.69. The minimum Gasteiger partial charge on any atom is -0.466 e. The second-order valence-corrected chi connectivity index (χ2v) is 7.22. The lowest BCUT2D eigenvalue weighted by Gasteiger charge is -2.41. The lowest BCUT2D eigenvalue weighted by atomic mass is 9.88. The quantitative estimate of drug-likeness (QED) is 0.481. The van der Waals surface area contributed by atoms with Gasteiger partial charge in [0.2, 0.25) is 0 Å². The molecule has 0 amide bonds. The summed E-state index contributed by atoms with van der Waals surface area (Å²) in [5, 5.41) is 0. The average molecular weight is 309 g/mol. The van der Waals surface area contributed by atoms with E-state index in [0.29, 0.717) is 6.61 Å². The smallest absolute Gasteiger partial charge is 0.302 e. The van der Waals surface area contributed by atoms with Crippen LogP contribution in [-0.4, -0.2) is 36.1 Å². The fraction of sp³-hybridized carbons (Fsp3) is 0.947. The summed E-state index contributed by atoms with van der Waals surface area (Å²) in [7, 11) is 0. The topological polar surface area (TPSA) is 29.5 Å². The van der Waals surface area contributed by atoms with Crippen LogP contribution in [0.3, 0.4) is 0 Å². The van der Waals surface area contributed by atoms with Crippen LogP contribution < -0.4 is 0 Å². The van der Waals surface area contributed by atoms with E-state index in [0.717, 1.165) is 18.5 Å². The van der Waals surface area contributed by atoms with Crippen LogP contribution in [0.15, 0.2) is 0 Å². The zero-order chi connectivity index (χ0) is 15.6. The van der Waals surface area contributed by atoms with E-state index < -0.39 is 0 Å². The van der Waals surface area contributed by atoms with Gasteiger partial charge in [-0.1, -0.05) is 38.5 Å². The zero-order valence-corrected chi connectivity index (χ0v) is 14.5. The third-order valence-electron chi connectivity index (χ3n) is 5.45. The van der Waals surface area contributed by atoms with Crippen molar-refractivity contribution in [1.29, 1.82) is 0 Å². The molecule has 0 aliphatic heterocycles. The molecule has 0 aromatic heterocycles. The predicted molar refractivity (Wildman–Crippen MR) is 90.9 cm³/mol. The van der Waals surface area contributed by atoms with Gasteiger partial charge in [0.1, 0.15) is 0 Å². The average Bonchev–Trinajstić information content (AvgIpc) is 2.55. The van der Waals surface area contributed by atoms with Gasteiger partial charge < -0.3 is 4.74 Å². The van der Waals surface area contributed by atoms with E-state index in [2.05, 4.69) is 4.90 Å². The first-order chi connectivity index (χ1) is 10.8. The third kappa shape index (κ3) is 6.28. The Kier molecular flexibility index (Phi) is 8.28. The van der Waals surface area contributed by atoms with E-state index in [4.69, 9.17) is 4.74 Å². The Morgan fingerprint density at radius 2 is 1.41 bits per heavy atom. The summed E-state index contributed by atoms with van der Waals surface area (Å²) >= 11 is 0. The van der Waals surface area contributed by atoms with Gasteiger partial charge in [0.15, 0.2) is 0 Å². The maximum absolute atomic E-state index is 10.8. The SMILES string of the molecule is CC(=O)OCCCCCN(C1CCCCC1)C1CCCCC1. The van der Waals surface area contributed by atoms with Crippen LogP contribution in [0.2, 0.25) is 0 Å². The van der Waals surface area contributed by atoms with Crippen molar-refractivity contribution in [2.24, 2.45) is 0 Å². The number of esters is 1. The van der Waals surface area contributed by atoms with Gasteiger partial charge >= 0.3 is 5.97 Å². The molecule has 0 aromatic rings. The number of hydrogen-bond acceptors (Lipinski definition) is 3. The molecule has 0 heterocycles. The molecule has 0 saturated heterocycles. The fourth-order valence-electron chi connectivity index (χ4n) is 4.28. The van der Waals surface area contributed by atoms with Crippen molar-refractivity contribution < 1.29 is 9.53 Å². The largest absolute Gasteiger partial charge is 0.466 e. The lowest BCUT2D eigenvalue weighted by molar-refractivity contribution is -0.141. The van der Waals surface area contributed by atoms with E-state index in [1.165, 1.54) is 90.5 Å². The van der Waals surface area contributed by atoms with Crippen molar-refractivity contribution in [3.63, 3.8) is 0 Å². The summed E-state index contributed by atoms with van der Waals surface area (Å²) in [6, 6.07) is 1.70. The molecule has 2 fully saturated rings. The van der Waals surface area contributed by atoms with Crippen LogP contribution in [0.1, 0.15) is 90.4 Å². The highest BCUT2D eigenvalue weighted by Crippen LogP contribution is 2.30. The van der Waals surface area contributed by atoms with Crippen molar-refractivity contribution in [2.75, 3.05) is 13.2 Å². The van der Waals surface area contributed by atoms with Crippen LogP contribution in [0.25, 0.3) is 0 Å². The summed E-state index contributed by atoms with van der Waals surface area (Å²) in [6.45, 7) is 3.35. The van der Waals surface area contributed by atoms with Gasteiger partial charge in [0.25, 0.3) is 0 Å². The number of nitrogens with zero attached hydrogens (tertiary/aromatic N) is 1. The van der Waals surface area contributed by atoms with Gasteiger partial charge in [-0.25, -0.2) is 0 Å². The minimum atomic E-state index is -0.147. The molecule has 0 aromatic carbocycles. The van der Waals surface area contributed by atoms with Gasteiger partial charge in [0.05, 0.1) is 6.61 Å². The van der Waals surface area contributed by atoms with Gasteiger partial charge in [-0.05, 0) is 51.5 Å². The third-order valence-corrected chi connectivity index (χ3v) is 5.45. The lowest BCUT2D eigenvalue weighted by Crippen LogP contribution is -2.45. The van der Waals surface area contributed by atoms with Crippen molar-refractivity contribution >= 4 is 5.97 Å². The standard InChI is InChI=1S/C19H35NO2/c1-17(21)22-16-10-4-9-15-20(18-11-5-2-6-12-18)19-13-7-3-8-14-19/h18-19H,2-16H2,1H3. The molecule has 22 heavy (non-hydrogen) atoms. The van der Waals surface area contributed by atoms with E-state index in [9.17, 15) is 4.79 Å². The summed E-state index contributed by atoms with van der Waals surface area (Å²) < 4.78 is 5.03. The summed E-state index contributed by atoms with van der Waals surface area (Å²) in [5.74, 6) is -0.147. The zero-order valence-electron chi connectivity index (χ0n) is 14.5. The van der Waals surface area contributed by atoms with E-state index >= 15 is 0 Å². The molecule has 2 rings (SSSR count). The minimum absolute atomic E-state index is 0.147. The second-order valence-electron chi connectivity index (χ2n) is 7.22. The highest BCUT2D eigenvalue weighted by Gasteiger charge is 2.28. The highest BCUT2D eigenvalue weighted by molar-refractivity contribution is 5.65. The summed E-state index contributed by atoms with van der Waals surface area (Å²) in [4.78, 5) is 13.6. The van der Waals surface area contributed by atoms with Crippen molar-refractivity contribution in [2.45, 2.75) is 102 Å². The Morgan fingerprint density at radius 3 is 1.91 bits per heavy atom. The van der Waals surface area contributed by atoms with E-state index in [1.807, 2.05) is 0 Å². The molecule has 0 unspecified atom stereocenters. The second kappa shape index (κ2) is 10.3. The molecule has 0 spiro atoms. The van der Waals surface area contributed by atoms with Crippen LogP contribution in [0.5, 0.6) is 0 Å². The summed E-state index contributed by atoms with van der Waals surface area (Å²) in [5.41, 5.74) is 0. The normalized spacial score (nSPS) is 21.2.